The molecular formula is C25H23ClN2O3. The summed E-state index contributed by atoms with van der Waals surface area (Å²) in [4.78, 5) is 41.4. The van der Waals surface area contributed by atoms with Gasteiger partial charge in [-0.1, -0.05) is 60.2 Å². The highest BCUT2D eigenvalue weighted by molar-refractivity contribution is 6.31. The van der Waals surface area contributed by atoms with Crippen LogP contribution in [0.5, 0.6) is 0 Å². The molecule has 5 nitrogen and oxygen atoms in total. The first-order valence-electron chi connectivity index (χ1n) is 10.6. The average molecular weight is 435 g/mol. The number of anilines is 1. The lowest BCUT2D eigenvalue weighted by molar-refractivity contribution is -0.147. The summed E-state index contributed by atoms with van der Waals surface area (Å²) in [6.07, 6.45) is 5.24. The molecule has 158 valence electrons. The van der Waals surface area contributed by atoms with Gasteiger partial charge in [0.05, 0.1) is 11.8 Å². The Morgan fingerprint density at radius 3 is 2.35 bits per heavy atom. The number of nitrogens with one attached hydrogen (secondary N) is 1. The minimum Gasteiger partial charge on any atom is -0.324 e. The van der Waals surface area contributed by atoms with E-state index in [-0.39, 0.29) is 47.8 Å². The van der Waals surface area contributed by atoms with Gasteiger partial charge in [0.15, 0.2) is 0 Å². The summed E-state index contributed by atoms with van der Waals surface area (Å²) >= 11 is 6.11. The van der Waals surface area contributed by atoms with Gasteiger partial charge in [0.25, 0.3) is 0 Å². The molecule has 3 amide bonds. The number of hydrogen-bond acceptors (Lipinski definition) is 3. The predicted octanol–water partition coefficient (Wildman–Crippen LogP) is 4.01. The fourth-order valence-electron chi connectivity index (χ4n) is 5.32. The summed E-state index contributed by atoms with van der Waals surface area (Å²) in [5.41, 5.74) is 2.33. The van der Waals surface area contributed by atoms with Crippen LogP contribution in [0.15, 0.2) is 60.7 Å². The highest BCUT2D eigenvalue weighted by Gasteiger charge is 2.61. The maximum Gasteiger partial charge on any atom is 0.248 e. The van der Waals surface area contributed by atoms with Crippen LogP contribution in [0, 0.1) is 30.6 Å². The Hall–Kier alpha value is -2.92. The SMILES string of the molecule is Cc1ccc(Cl)cc1NC(=O)[C@@H](Cc1ccccc1)N1C(=O)[C@@H]2[C@@H](C1=O)[C@H]1C=C[C@H]2C1. The van der Waals surface area contributed by atoms with Crippen LogP contribution < -0.4 is 5.32 Å². The lowest BCUT2D eigenvalue weighted by Crippen LogP contribution is -2.49. The second kappa shape index (κ2) is 7.65. The van der Waals surface area contributed by atoms with Gasteiger partial charge in [-0.15, -0.1) is 0 Å². The number of amides is 3. The third kappa shape index (κ3) is 3.37. The molecule has 0 unspecified atom stereocenters. The first kappa shape index (κ1) is 20.0. The third-order valence-electron chi connectivity index (χ3n) is 6.85. The Labute approximate surface area is 186 Å². The van der Waals surface area contributed by atoms with E-state index >= 15 is 0 Å². The van der Waals surface area contributed by atoms with Crippen LogP contribution in [0.3, 0.4) is 0 Å². The van der Waals surface area contributed by atoms with Crippen molar-refractivity contribution in [3.8, 4) is 0 Å². The number of hydrogen-bond donors (Lipinski definition) is 1. The Bertz CT molecular complexity index is 1070. The van der Waals surface area contributed by atoms with Crippen molar-refractivity contribution >= 4 is 35.0 Å². The van der Waals surface area contributed by atoms with Gasteiger partial charge >= 0.3 is 0 Å². The topological polar surface area (TPSA) is 66.5 Å². The summed E-state index contributed by atoms with van der Waals surface area (Å²) in [7, 11) is 0. The van der Waals surface area contributed by atoms with Gasteiger partial charge in [0.1, 0.15) is 6.04 Å². The summed E-state index contributed by atoms with van der Waals surface area (Å²) in [5, 5.41) is 3.41. The normalized spacial score (nSPS) is 27.0. The van der Waals surface area contributed by atoms with E-state index < -0.39 is 6.04 Å². The van der Waals surface area contributed by atoms with Crippen LogP contribution in [0.2, 0.25) is 5.02 Å². The maximum absolute atomic E-state index is 13.4. The molecule has 5 atom stereocenters. The minimum atomic E-state index is -0.911. The second-order valence-electron chi connectivity index (χ2n) is 8.70. The van der Waals surface area contributed by atoms with Crippen molar-refractivity contribution < 1.29 is 14.4 Å². The number of fused-ring (bicyclic) bond motifs is 5. The molecule has 5 rings (SSSR count). The Morgan fingerprint density at radius 2 is 1.71 bits per heavy atom. The number of halogens is 1. The number of benzene rings is 2. The number of rotatable bonds is 5. The fourth-order valence-corrected chi connectivity index (χ4v) is 5.49. The molecule has 6 heteroatoms. The van der Waals surface area contributed by atoms with Crippen molar-refractivity contribution in [2.24, 2.45) is 23.7 Å². The Morgan fingerprint density at radius 1 is 1.06 bits per heavy atom. The van der Waals surface area contributed by atoms with Crippen LogP contribution >= 0.6 is 11.6 Å². The lowest BCUT2D eigenvalue weighted by atomic mass is 9.85. The van der Waals surface area contributed by atoms with Crippen LogP contribution in [0.25, 0.3) is 0 Å². The van der Waals surface area contributed by atoms with Crippen LogP contribution in [0.1, 0.15) is 17.5 Å². The first-order chi connectivity index (χ1) is 14.9. The van der Waals surface area contributed by atoms with Gasteiger partial charge in [0.2, 0.25) is 17.7 Å². The zero-order chi connectivity index (χ0) is 21.7. The smallest absolute Gasteiger partial charge is 0.248 e. The highest BCUT2D eigenvalue weighted by Crippen LogP contribution is 2.53. The zero-order valence-electron chi connectivity index (χ0n) is 17.1. The summed E-state index contributed by atoms with van der Waals surface area (Å²) in [5.74, 6) is -1.27. The van der Waals surface area contributed by atoms with Gasteiger partial charge in [-0.05, 0) is 48.4 Å². The minimum absolute atomic E-state index is 0.104. The molecule has 0 aromatic heterocycles. The van der Waals surface area contributed by atoms with E-state index in [1.54, 1.807) is 12.1 Å². The largest absolute Gasteiger partial charge is 0.324 e. The number of allylic oxidation sites excluding steroid dienone is 2. The fraction of sp³-hybridized carbons (Fsp3) is 0.320. The van der Waals surface area contributed by atoms with Crippen molar-refractivity contribution in [1.82, 2.24) is 4.90 Å². The van der Waals surface area contributed by atoms with Gasteiger partial charge < -0.3 is 5.32 Å². The molecule has 1 saturated heterocycles. The van der Waals surface area contributed by atoms with E-state index in [2.05, 4.69) is 17.5 Å². The Balaban J connectivity index is 1.47. The van der Waals surface area contributed by atoms with E-state index in [9.17, 15) is 14.4 Å². The quantitative estimate of drug-likeness (QED) is 0.571. The molecule has 2 fully saturated rings. The molecule has 1 saturated carbocycles. The monoisotopic (exact) mass is 434 g/mol. The number of carbonyl (C=O) groups is 3. The van der Waals surface area contributed by atoms with Gasteiger partial charge in [-0.2, -0.15) is 0 Å². The molecule has 1 aliphatic heterocycles. The Kier molecular flexibility index (Phi) is 4.94. The van der Waals surface area contributed by atoms with Crippen LogP contribution in [-0.2, 0) is 20.8 Å². The molecule has 3 aliphatic rings. The molecule has 2 aliphatic carbocycles. The van der Waals surface area contributed by atoms with E-state index in [0.29, 0.717) is 10.7 Å². The van der Waals surface area contributed by atoms with Crippen molar-refractivity contribution in [2.45, 2.75) is 25.8 Å². The van der Waals surface area contributed by atoms with E-state index in [1.807, 2.05) is 43.3 Å². The molecule has 2 aromatic rings. The molecular weight excluding hydrogens is 412 g/mol. The molecule has 0 radical (unpaired) electrons. The summed E-state index contributed by atoms with van der Waals surface area (Å²) < 4.78 is 0. The maximum atomic E-state index is 13.4. The van der Waals surface area contributed by atoms with Crippen molar-refractivity contribution in [2.75, 3.05) is 5.32 Å². The van der Waals surface area contributed by atoms with Crippen LogP contribution in [-0.4, -0.2) is 28.7 Å². The third-order valence-corrected chi connectivity index (χ3v) is 7.08. The standard InChI is InChI=1S/C25H23ClN2O3/c1-14-7-10-18(26)13-19(14)27-23(29)20(11-15-5-3-2-4-6-15)28-24(30)21-16-8-9-17(12-16)22(21)25(28)31/h2-10,13,16-17,20-22H,11-12H2,1H3,(H,27,29)/t16-,17-,20+,21-,22-/m0/s1. The molecule has 2 bridgehead atoms. The summed E-state index contributed by atoms with van der Waals surface area (Å²) in [6.45, 7) is 1.87. The predicted molar refractivity (Wildman–Crippen MR) is 118 cm³/mol. The number of nitrogens with zero attached hydrogens (tertiary/aromatic N) is 1. The average Bonchev–Trinajstić information content (AvgIpc) is 3.44. The van der Waals surface area contributed by atoms with Gasteiger partial charge in [0, 0.05) is 17.1 Å². The molecule has 0 spiro atoms. The van der Waals surface area contributed by atoms with Gasteiger partial charge in [-0.3, -0.25) is 19.3 Å². The van der Waals surface area contributed by atoms with E-state index in [4.69, 9.17) is 11.6 Å². The highest BCUT2D eigenvalue weighted by atomic mass is 35.5. The first-order valence-corrected chi connectivity index (χ1v) is 11.0. The lowest BCUT2D eigenvalue weighted by Gasteiger charge is -2.27. The van der Waals surface area contributed by atoms with E-state index in [1.165, 1.54) is 4.90 Å². The second-order valence-corrected chi connectivity index (χ2v) is 9.14. The van der Waals surface area contributed by atoms with Gasteiger partial charge in [-0.25, -0.2) is 0 Å². The van der Waals surface area contributed by atoms with E-state index in [0.717, 1.165) is 17.5 Å². The number of likely N-dealkylation sites (tertiary alicyclic amines) is 1. The molecule has 31 heavy (non-hydrogen) atoms. The zero-order valence-corrected chi connectivity index (χ0v) is 17.9. The van der Waals surface area contributed by atoms with Crippen LogP contribution in [0.4, 0.5) is 5.69 Å². The summed E-state index contributed by atoms with van der Waals surface area (Å²) in [6, 6.07) is 13.8. The number of carbonyl (C=O) groups excluding carboxylic acids is 3. The number of aryl methyl sites for hydroxylation is 1. The van der Waals surface area contributed by atoms with Crippen molar-refractivity contribution in [1.29, 1.82) is 0 Å². The van der Waals surface area contributed by atoms with Crippen molar-refractivity contribution in [3.05, 3.63) is 76.8 Å². The number of imide groups is 1. The molecule has 2 aromatic carbocycles. The molecule has 1 N–H and O–H groups in total. The van der Waals surface area contributed by atoms with Crippen molar-refractivity contribution in [3.63, 3.8) is 0 Å². The molecule has 1 heterocycles.